The smallest absolute Gasteiger partial charge is 0.318 e. The molecule has 0 unspecified atom stereocenters. The third kappa shape index (κ3) is 5.04. The fourth-order valence-corrected chi connectivity index (χ4v) is 1.97. The van der Waals surface area contributed by atoms with Crippen molar-refractivity contribution in [2.45, 2.75) is 11.3 Å². The molecule has 0 aliphatic rings. The first-order valence-electron chi connectivity index (χ1n) is 4.55. The van der Waals surface area contributed by atoms with Gasteiger partial charge in [-0.2, -0.15) is 0 Å². The van der Waals surface area contributed by atoms with Gasteiger partial charge in [0, 0.05) is 22.1 Å². The van der Waals surface area contributed by atoms with E-state index in [1.54, 1.807) is 12.1 Å². The average Bonchev–Trinajstić information content (AvgIpc) is 2.20. The molecule has 86 valence electrons. The molecule has 0 radical (unpaired) electrons. The van der Waals surface area contributed by atoms with E-state index in [9.17, 15) is 9.59 Å². The van der Waals surface area contributed by atoms with Crippen LogP contribution in [0.4, 0.5) is 4.79 Å². The average molecular weight is 259 g/mol. The van der Waals surface area contributed by atoms with Gasteiger partial charge in [-0.15, -0.1) is 11.8 Å². The van der Waals surface area contributed by atoms with Crippen molar-refractivity contribution in [2.75, 3.05) is 5.75 Å². The first kappa shape index (κ1) is 12.9. The molecule has 6 heteroatoms. The molecule has 16 heavy (non-hydrogen) atoms. The number of halogens is 1. The van der Waals surface area contributed by atoms with E-state index in [2.05, 4.69) is 0 Å². The van der Waals surface area contributed by atoms with Gasteiger partial charge in [-0.1, -0.05) is 11.6 Å². The highest BCUT2D eigenvalue weighted by molar-refractivity contribution is 7.99. The van der Waals surface area contributed by atoms with Crippen molar-refractivity contribution in [2.24, 2.45) is 5.73 Å². The number of urea groups is 1. The van der Waals surface area contributed by atoms with Crippen molar-refractivity contribution in [1.82, 2.24) is 5.32 Å². The summed E-state index contributed by atoms with van der Waals surface area (Å²) in [5.41, 5.74) is 4.80. The Bertz CT molecular complexity index is 381. The van der Waals surface area contributed by atoms with Gasteiger partial charge in [0.15, 0.2) is 0 Å². The summed E-state index contributed by atoms with van der Waals surface area (Å²) in [4.78, 5) is 22.4. The monoisotopic (exact) mass is 258 g/mol. The number of imide groups is 1. The number of amides is 3. The SMILES string of the molecule is NC(=O)NC(=O)CCSc1ccc(Cl)cc1. The topological polar surface area (TPSA) is 72.2 Å². The summed E-state index contributed by atoms with van der Waals surface area (Å²) in [7, 11) is 0. The summed E-state index contributed by atoms with van der Waals surface area (Å²) in [6.45, 7) is 0. The second-order valence-corrected chi connectivity index (χ2v) is 4.57. The van der Waals surface area contributed by atoms with Crippen LogP contribution in [0.1, 0.15) is 6.42 Å². The van der Waals surface area contributed by atoms with Crippen LogP contribution in [0.5, 0.6) is 0 Å². The Morgan fingerprint density at radius 3 is 2.50 bits per heavy atom. The molecule has 1 rings (SSSR count). The van der Waals surface area contributed by atoms with E-state index in [1.807, 2.05) is 17.4 Å². The number of hydrogen-bond donors (Lipinski definition) is 2. The summed E-state index contributed by atoms with van der Waals surface area (Å²) < 4.78 is 0. The fourth-order valence-electron chi connectivity index (χ4n) is 0.992. The maximum absolute atomic E-state index is 11.1. The number of benzene rings is 1. The predicted molar refractivity (Wildman–Crippen MR) is 64.5 cm³/mol. The van der Waals surface area contributed by atoms with E-state index in [0.717, 1.165) is 4.90 Å². The van der Waals surface area contributed by atoms with Gasteiger partial charge in [-0.3, -0.25) is 10.1 Å². The van der Waals surface area contributed by atoms with Crippen LogP contribution < -0.4 is 11.1 Å². The second-order valence-electron chi connectivity index (χ2n) is 2.96. The molecule has 1 aromatic rings. The van der Waals surface area contributed by atoms with Gasteiger partial charge >= 0.3 is 6.03 Å². The van der Waals surface area contributed by atoms with Gasteiger partial charge in [0.05, 0.1) is 0 Å². The number of nitrogens with two attached hydrogens (primary N) is 1. The molecule has 0 heterocycles. The molecular weight excluding hydrogens is 248 g/mol. The van der Waals surface area contributed by atoms with Crippen molar-refractivity contribution < 1.29 is 9.59 Å². The number of hydrogen-bond acceptors (Lipinski definition) is 3. The van der Waals surface area contributed by atoms with Gasteiger partial charge in [0.2, 0.25) is 5.91 Å². The number of thioether (sulfide) groups is 1. The van der Waals surface area contributed by atoms with Gasteiger partial charge in [0.1, 0.15) is 0 Å². The van der Waals surface area contributed by atoms with Crippen LogP contribution in [-0.4, -0.2) is 17.7 Å². The predicted octanol–water partition coefficient (Wildman–Crippen LogP) is 2.02. The highest BCUT2D eigenvalue weighted by atomic mass is 35.5. The minimum absolute atomic E-state index is 0.246. The minimum atomic E-state index is -0.818. The van der Waals surface area contributed by atoms with Crippen molar-refractivity contribution in [3.05, 3.63) is 29.3 Å². The summed E-state index contributed by atoms with van der Waals surface area (Å²) in [6, 6.07) is 6.50. The standard InChI is InChI=1S/C10H11ClN2O2S/c11-7-1-3-8(4-2-7)16-6-5-9(14)13-10(12)15/h1-4H,5-6H2,(H3,12,13,14,15). The first-order chi connectivity index (χ1) is 7.58. The molecule has 3 amide bonds. The molecular formula is C10H11ClN2O2S. The molecule has 0 fully saturated rings. The van der Waals surface area contributed by atoms with Crippen molar-refractivity contribution in [1.29, 1.82) is 0 Å². The third-order valence-electron chi connectivity index (χ3n) is 1.67. The summed E-state index contributed by atoms with van der Waals surface area (Å²) >= 11 is 7.24. The number of carbonyl (C=O) groups is 2. The minimum Gasteiger partial charge on any atom is -0.351 e. The zero-order valence-electron chi connectivity index (χ0n) is 8.40. The van der Waals surface area contributed by atoms with Crippen LogP contribution in [0, 0.1) is 0 Å². The van der Waals surface area contributed by atoms with Crippen molar-refractivity contribution in [3.8, 4) is 0 Å². The maximum Gasteiger partial charge on any atom is 0.318 e. The lowest BCUT2D eigenvalue weighted by atomic mass is 10.4. The third-order valence-corrected chi connectivity index (χ3v) is 2.94. The van der Waals surface area contributed by atoms with E-state index >= 15 is 0 Å². The van der Waals surface area contributed by atoms with Gasteiger partial charge in [-0.05, 0) is 24.3 Å². The van der Waals surface area contributed by atoms with Crippen LogP contribution in [-0.2, 0) is 4.79 Å². The zero-order chi connectivity index (χ0) is 12.0. The van der Waals surface area contributed by atoms with Crippen LogP contribution in [0.2, 0.25) is 5.02 Å². The van der Waals surface area contributed by atoms with Crippen LogP contribution in [0.3, 0.4) is 0 Å². The summed E-state index contributed by atoms with van der Waals surface area (Å²) in [5.74, 6) is 0.217. The Hall–Kier alpha value is -1.20. The Morgan fingerprint density at radius 2 is 1.94 bits per heavy atom. The molecule has 0 aliphatic heterocycles. The summed E-state index contributed by atoms with van der Waals surface area (Å²) in [6.07, 6.45) is 0.246. The number of primary amides is 1. The highest BCUT2D eigenvalue weighted by Crippen LogP contribution is 2.20. The number of nitrogens with one attached hydrogen (secondary N) is 1. The Morgan fingerprint density at radius 1 is 1.31 bits per heavy atom. The molecule has 0 spiro atoms. The Balaban J connectivity index is 2.28. The maximum atomic E-state index is 11.1. The van der Waals surface area contributed by atoms with Crippen molar-refractivity contribution in [3.63, 3.8) is 0 Å². The molecule has 0 atom stereocenters. The van der Waals surface area contributed by atoms with Crippen LogP contribution in [0.25, 0.3) is 0 Å². The molecule has 0 bridgehead atoms. The normalized spacial score (nSPS) is 9.81. The lowest BCUT2D eigenvalue weighted by Gasteiger charge is -2.01. The first-order valence-corrected chi connectivity index (χ1v) is 5.92. The highest BCUT2D eigenvalue weighted by Gasteiger charge is 2.03. The van der Waals surface area contributed by atoms with E-state index in [4.69, 9.17) is 17.3 Å². The number of carbonyl (C=O) groups excluding carboxylic acids is 2. The molecule has 0 saturated carbocycles. The van der Waals surface area contributed by atoms with E-state index in [0.29, 0.717) is 10.8 Å². The van der Waals surface area contributed by atoms with E-state index in [-0.39, 0.29) is 12.3 Å². The van der Waals surface area contributed by atoms with E-state index < -0.39 is 6.03 Å². The largest absolute Gasteiger partial charge is 0.351 e. The van der Waals surface area contributed by atoms with Crippen molar-refractivity contribution >= 4 is 35.3 Å². The molecule has 0 aliphatic carbocycles. The molecule has 0 saturated heterocycles. The lowest BCUT2D eigenvalue weighted by molar-refractivity contribution is -0.119. The number of rotatable bonds is 4. The molecule has 0 aromatic heterocycles. The second kappa shape index (κ2) is 6.40. The zero-order valence-corrected chi connectivity index (χ0v) is 9.98. The molecule has 1 aromatic carbocycles. The molecule has 3 N–H and O–H groups in total. The molecule has 4 nitrogen and oxygen atoms in total. The summed E-state index contributed by atoms with van der Waals surface area (Å²) in [5, 5.41) is 2.68. The van der Waals surface area contributed by atoms with Gasteiger partial charge in [0.25, 0.3) is 0 Å². The van der Waals surface area contributed by atoms with Gasteiger partial charge < -0.3 is 5.73 Å². The van der Waals surface area contributed by atoms with E-state index in [1.165, 1.54) is 11.8 Å². The van der Waals surface area contributed by atoms with Crippen LogP contribution >= 0.6 is 23.4 Å². The van der Waals surface area contributed by atoms with Gasteiger partial charge in [-0.25, -0.2) is 4.79 Å². The fraction of sp³-hybridized carbons (Fsp3) is 0.200. The quantitative estimate of drug-likeness (QED) is 0.812. The Kier molecular flexibility index (Phi) is 5.14. The van der Waals surface area contributed by atoms with Crippen LogP contribution in [0.15, 0.2) is 29.2 Å². The Labute approximate surface area is 103 Å². The lowest BCUT2D eigenvalue weighted by Crippen LogP contribution is -2.35.